The summed E-state index contributed by atoms with van der Waals surface area (Å²) in [6.07, 6.45) is 4.13. The summed E-state index contributed by atoms with van der Waals surface area (Å²) >= 11 is 5.41. The van der Waals surface area contributed by atoms with Crippen LogP contribution >= 0.6 is 27.3 Å². The van der Waals surface area contributed by atoms with Gasteiger partial charge >= 0.3 is 0 Å². The van der Waals surface area contributed by atoms with Gasteiger partial charge in [-0.25, -0.2) is 0 Å². The van der Waals surface area contributed by atoms with Gasteiger partial charge in [0, 0.05) is 4.88 Å². The number of hydrogen-bond acceptors (Lipinski definition) is 2. The Bertz CT molecular complexity index is 310. The molecule has 0 aliphatic heterocycles. The summed E-state index contributed by atoms with van der Waals surface area (Å²) < 4.78 is 1.26. The van der Waals surface area contributed by atoms with Crippen molar-refractivity contribution in [1.29, 1.82) is 0 Å². The van der Waals surface area contributed by atoms with Crippen LogP contribution in [0.2, 0.25) is 0 Å². The van der Waals surface area contributed by atoms with E-state index in [-0.39, 0.29) is 0 Å². The van der Waals surface area contributed by atoms with Gasteiger partial charge in [-0.3, -0.25) is 0 Å². The lowest BCUT2D eigenvalue weighted by Crippen LogP contribution is -2.36. The Kier molecular flexibility index (Phi) is 4.23. The molecule has 15 heavy (non-hydrogen) atoms. The van der Waals surface area contributed by atoms with E-state index in [4.69, 9.17) is 0 Å². The van der Waals surface area contributed by atoms with Gasteiger partial charge < -0.3 is 5.32 Å². The largest absolute Gasteiger partial charge is 0.317 e. The lowest BCUT2D eigenvalue weighted by Gasteiger charge is -2.36. The zero-order valence-electron chi connectivity index (χ0n) is 9.13. The molecule has 1 aliphatic rings. The molecule has 0 saturated heterocycles. The second kappa shape index (κ2) is 5.46. The molecule has 1 nitrogen and oxygen atoms in total. The molecule has 0 bridgehead atoms. The topological polar surface area (TPSA) is 12.0 Å². The van der Waals surface area contributed by atoms with Crippen molar-refractivity contribution in [2.24, 2.45) is 11.8 Å². The highest BCUT2D eigenvalue weighted by molar-refractivity contribution is 9.11. The Labute approximate surface area is 104 Å². The van der Waals surface area contributed by atoms with Crippen LogP contribution in [0.25, 0.3) is 0 Å². The highest BCUT2D eigenvalue weighted by Crippen LogP contribution is 2.38. The van der Waals surface area contributed by atoms with Crippen LogP contribution in [0.5, 0.6) is 0 Å². The molecule has 84 valence electrons. The minimum absolute atomic E-state index is 0.922. The molecule has 0 aromatic carbocycles. The van der Waals surface area contributed by atoms with E-state index in [0.717, 1.165) is 18.4 Å². The number of nitrogens with one attached hydrogen (secondary N) is 1. The average molecular weight is 288 g/mol. The Morgan fingerprint density at radius 1 is 1.40 bits per heavy atom. The summed E-state index contributed by atoms with van der Waals surface area (Å²) in [5.74, 6) is 1.85. The van der Waals surface area contributed by atoms with Gasteiger partial charge in [0.05, 0.1) is 3.79 Å². The smallest absolute Gasteiger partial charge is 0.0701 e. The van der Waals surface area contributed by atoms with E-state index >= 15 is 0 Å². The monoisotopic (exact) mass is 287 g/mol. The maximum atomic E-state index is 3.53. The summed E-state index contributed by atoms with van der Waals surface area (Å²) in [5, 5.41) is 3.47. The number of hydrogen-bond donors (Lipinski definition) is 1. The summed E-state index contributed by atoms with van der Waals surface area (Å²) in [5.41, 5.74) is 0. The van der Waals surface area contributed by atoms with E-state index in [9.17, 15) is 0 Å². The lowest BCUT2D eigenvalue weighted by atomic mass is 9.71. The van der Waals surface area contributed by atoms with Crippen molar-refractivity contribution in [2.75, 3.05) is 13.1 Å². The zero-order chi connectivity index (χ0) is 10.7. The average Bonchev–Trinajstić information content (AvgIpc) is 2.60. The van der Waals surface area contributed by atoms with E-state index < -0.39 is 0 Å². The number of thiophene rings is 1. The normalized spacial score (nSPS) is 25.2. The quantitative estimate of drug-likeness (QED) is 0.871. The van der Waals surface area contributed by atoms with E-state index in [2.05, 4.69) is 40.3 Å². The van der Waals surface area contributed by atoms with Crippen molar-refractivity contribution in [3.8, 4) is 0 Å². The van der Waals surface area contributed by atoms with Gasteiger partial charge in [0.25, 0.3) is 0 Å². The highest BCUT2D eigenvalue weighted by atomic mass is 79.9. The van der Waals surface area contributed by atoms with Crippen molar-refractivity contribution in [3.05, 3.63) is 20.8 Å². The number of halogens is 1. The standard InChI is InChI=1S/C12H18BrNS/c1-2-14-8-10-4-3-9(10)7-11-5-6-12(13)15-11/h5-6,9-10,14H,2-4,7-8H2,1H3. The molecule has 0 radical (unpaired) electrons. The van der Waals surface area contributed by atoms with Crippen LogP contribution in [0.15, 0.2) is 15.9 Å². The maximum absolute atomic E-state index is 3.53. The molecule has 1 heterocycles. The van der Waals surface area contributed by atoms with E-state index in [1.165, 1.54) is 34.5 Å². The third-order valence-corrected chi connectivity index (χ3v) is 4.97. The van der Waals surface area contributed by atoms with Gasteiger partial charge in [-0.05, 0) is 72.3 Å². The predicted octanol–water partition coefficient (Wildman–Crippen LogP) is 3.69. The Balaban J connectivity index is 1.80. The van der Waals surface area contributed by atoms with E-state index in [1.54, 1.807) is 0 Å². The Hall–Kier alpha value is 0.140. The van der Waals surface area contributed by atoms with Crippen LogP contribution in [0, 0.1) is 11.8 Å². The van der Waals surface area contributed by atoms with Crippen LogP contribution in [0.3, 0.4) is 0 Å². The first-order valence-electron chi connectivity index (χ1n) is 5.74. The molecule has 1 fully saturated rings. The van der Waals surface area contributed by atoms with Gasteiger partial charge in [0.15, 0.2) is 0 Å². The summed E-state index contributed by atoms with van der Waals surface area (Å²) in [6, 6.07) is 4.43. The van der Waals surface area contributed by atoms with Crippen LogP contribution in [-0.2, 0) is 6.42 Å². The molecule has 1 aliphatic carbocycles. The van der Waals surface area contributed by atoms with Gasteiger partial charge in [-0.15, -0.1) is 11.3 Å². The third-order valence-electron chi connectivity index (χ3n) is 3.32. The third kappa shape index (κ3) is 3.05. The predicted molar refractivity (Wildman–Crippen MR) is 70.5 cm³/mol. The second-order valence-corrected chi connectivity index (χ2v) is 6.86. The molecule has 0 amide bonds. The van der Waals surface area contributed by atoms with Gasteiger partial charge in [-0.2, -0.15) is 0 Å². The molecule has 2 rings (SSSR count). The van der Waals surface area contributed by atoms with Gasteiger partial charge in [0.1, 0.15) is 0 Å². The summed E-state index contributed by atoms with van der Waals surface area (Å²) in [6.45, 7) is 4.51. The first-order valence-corrected chi connectivity index (χ1v) is 7.35. The van der Waals surface area contributed by atoms with Crippen molar-refractivity contribution < 1.29 is 0 Å². The van der Waals surface area contributed by atoms with Gasteiger partial charge in [0.2, 0.25) is 0 Å². The molecule has 1 aromatic rings. The Morgan fingerprint density at radius 3 is 2.73 bits per heavy atom. The highest BCUT2D eigenvalue weighted by Gasteiger charge is 2.30. The molecule has 1 aromatic heterocycles. The summed E-state index contributed by atoms with van der Waals surface area (Å²) in [4.78, 5) is 1.54. The summed E-state index contributed by atoms with van der Waals surface area (Å²) in [7, 11) is 0. The Morgan fingerprint density at radius 2 is 2.20 bits per heavy atom. The molecule has 2 unspecified atom stereocenters. The first kappa shape index (κ1) is 11.6. The molecule has 1 N–H and O–H groups in total. The molecule has 1 saturated carbocycles. The zero-order valence-corrected chi connectivity index (χ0v) is 11.5. The number of rotatable bonds is 5. The van der Waals surface area contributed by atoms with Crippen molar-refractivity contribution in [1.82, 2.24) is 5.32 Å². The van der Waals surface area contributed by atoms with Crippen molar-refractivity contribution in [3.63, 3.8) is 0 Å². The fourth-order valence-corrected chi connectivity index (χ4v) is 3.80. The first-order chi connectivity index (χ1) is 7.29. The fourth-order valence-electron chi connectivity index (χ4n) is 2.23. The lowest BCUT2D eigenvalue weighted by molar-refractivity contribution is 0.173. The molecule has 2 atom stereocenters. The van der Waals surface area contributed by atoms with Crippen LogP contribution in [-0.4, -0.2) is 13.1 Å². The SMILES string of the molecule is CCNCC1CCC1Cc1ccc(Br)s1. The van der Waals surface area contributed by atoms with Crippen LogP contribution in [0.4, 0.5) is 0 Å². The second-order valence-electron chi connectivity index (χ2n) is 4.32. The minimum atomic E-state index is 0.922. The molecule has 0 spiro atoms. The minimum Gasteiger partial charge on any atom is -0.317 e. The van der Waals surface area contributed by atoms with Gasteiger partial charge in [-0.1, -0.05) is 6.92 Å². The maximum Gasteiger partial charge on any atom is 0.0701 e. The van der Waals surface area contributed by atoms with Crippen molar-refractivity contribution >= 4 is 27.3 Å². The molecular formula is C12H18BrNS. The van der Waals surface area contributed by atoms with Crippen LogP contribution < -0.4 is 5.32 Å². The molecule has 3 heteroatoms. The van der Waals surface area contributed by atoms with Crippen molar-refractivity contribution in [2.45, 2.75) is 26.2 Å². The fraction of sp³-hybridized carbons (Fsp3) is 0.667. The van der Waals surface area contributed by atoms with Crippen LogP contribution in [0.1, 0.15) is 24.6 Å². The molecular weight excluding hydrogens is 270 g/mol. The van der Waals surface area contributed by atoms with E-state index in [1.807, 2.05) is 11.3 Å². The van der Waals surface area contributed by atoms with E-state index in [0.29, 0.717) is 0 Å².